The molecule has 0 aliphatic heterocycles. The third-order valence-corrected chi connectivity index (χ3v) is 7.10. The van der Waals surface area contributed by atoms with E-state index >= 15 is 0 Å². The zero-order valence-electron chi connectivity index (χ0n) is 28.0. The number of unbranched alkanes of at least 4 members (excludes halogenated alkanes) is 6. The number of esters is 4. The van der Waals surface area contributed by atoms with Gasteiger partial charge in [0, 0.05) is 18.2 Å². The number of halogens is 3. The minimum atomic E-state index is -1.86. The highest BCUT2D eigenvalue weighted by molar-refractivity contribution is 5.92. The van der Waals surface area contributed by atoms with E-state index < -0.39 is 52.8 Å². The summed E-state index contributed by atoms with van der Waals surface area (Å²) < 4.78 is 75.1. The van der Waals surface area contributed by atoms with Crippen LogP contribution >= 0.6 is 0 Å². The predicted molar refractivity (Wildman–Crippen MR) is 179 cm³/mol. The molecule has 0 aliphatic carbocycles. The van der Waals surface area contributed by atoms with Crippen molar-refractivity contribution in [3.8, 4) is 23.0 Å². The molecule has 10 nitrogen and oxygen atoms in total. The second-order valence-electron chi connectivity index (χ2n) is 10.9. The van der Waals surface area contributed by atoms with Gasteiger partial charge in [0.2, 0.25) is 17.4 Å². The van der Waals surface area contributed by atoms with E-state index in [0.29, 0.717) is 56.8 Å². The van der Waals surface area contributed by atoms with Crippen LogP contribution in [0.15, 0.2) is 79.9 Å². The first kappa shape index (κ1) is 39.8. The SMILES string of the molecule is C=CC(=O)OCCCCCCOc1ccc(C(=O)Oc2cc(F)c(OC(=O)c3ccc(OCCCCCCOC(=O)C=C)cc3)c(F)c2F)cc1. The second kappa shape index (κ2) is 21.5. The lowest BCUT2D eigenvalue weighted by Gasteiger charge is -2.12. The molecule has 0 fully saturated rings. The first-order valence-corrected chi connectivity index (χ1v) is 16.3. The van der Waals surface area contributed by atoms with E-state index in [-0.39, 0.29) is 11.1 Å². The summed E-state index contributed by atoms with van der Waals surface area (Å²) in [4.78, 5) is 47.1. The predicted octanol–water partition coefficient (Wildman–Crippen LogP) is 7.88. The molecular formula is C38H39F3O10. The number of benzene rings is 3. The van der Waals surface area contributed by atoms with Crippen LogP contribution in [-0.4, -0.2) is 50.3 Å². The van der Waals surface area contributed by atoms with Gasteiger partial charge in [0.1, 0.15) is 11.5 Å². The summed E-state index contributed by atoms with van der Waals surface area (Å²) in [7, 11) is 0. The van der Waals surface area contributed by atoms with Crippen LogP contribution in [0.5, 0.6) is 23.0 Å². The van der Waals surface area contributed by atoms with Crippen molar-refractivity contribution in [2.45, 2.75) is 51.4 Å². The molecule has 3 aromatic carbocycles. The summed E-state index contributed by atoms with van der Waals surface area (Å²) in [5, 5.41) is 0. The molecular weight excluding hydrogens is 673 g/mol. The molecule has 0 saturated heterocycles. The Kier molecular flexibility index (Phi) is 16.8. The van der Waals surface area contributed by atoms with Gasteiger partial charge in [0.25, 0.3) is 0 Å². The third-order valence-electron chi connectivity index (χ3n) is 7.10. The maximum absolute atomic E-state index is 14.8. The van der Waals surface area contributed by atoms with E-state index in [4.69, 9.17) is 28.4 Å². The third kappa shape index (κ3) is 13.7. The molecule has 0 spiro atoms. The van der Waals surface area contributed by atoms with Crippen molar-refractivity contribution < 1.29 is 60.8 Å². The lowest BCUT2D eigenvalue weighted by molar-refractivity contribution is -0.138. The number of carbonyl (C=O) groups is 4. The zero-order chi connectivity index (χ0) is 37.0. The van der Waals surface area contributed by atoms with Crippen molar-refractivity contribution >= 4 is 23.9 Å². The Morgan fingerprint density at radius 2 is 0.961 bits per heavy atom. The average molecular weight is 713 g/mol. The fourth-order valence-corrected chi connectivity index (χ4v) is 4.37. The Hall–Kier alpha value is -5.59. The smallest absolute Gasteiger partial charge is 0.343 e. The standard InChI is InChI=1S/C38H39F3O10/c1-3-32(42)48-23-11-7-5-9-21-46-28-17-13-26(14-18-28)37(44)50-31-25-30(39)36(35(41)34(31)40)51-38(45)27-15-19-29(20-16-27)47-22-10-6-8-12-24-49-33(43)4-2/h3-4,13-20,25H,1-2,5-12,21-24H2. The molecule has 272 valence electrons. The van der Waals surface area contributed by atoms with Gasteiger partial charge in [-0.1, -0.05) is 13.2 Å². The van der Waals surface area contributed by atoms with Crippen molar-refractivity contribution in [2.24, 2.45) is 0 Å². The largest absolute Gasteiger partial charge is 0.494 e. The first-order chi connectivity index (χ1) is 24.6. The number of rotatable bonds is 22. The number of hydrogen-bond acceptors (Lipinski definition) is 10. The van der Waals surface area contributed by atoms with Gasteiger partial charge in [-0.2, -0.15) is 8.78 Å². The molecule has 3 rings (SSSR count). The van der Waals surface area contributed by atoms with Gasteiger partial charge in [-0.25, -0.2) is 23.6 Å². The molecule has 0 aromatic heterocycles. The van der Waals surface area contributed by atoms with Crippen LogP contribution in [0.1, 0.15) is 72.1 Å². The molecule has 3 aromatic rings. The van der Waals surface area contributed by atoms with Crippen LogP contribution in [0.25, 0.3) is 0 Å². The molecule has 0 unspecified atom stereocenters. The maximum Gasteiger partial charge on any atom is 0.343 e. The molecule has 51 heavy (non-hydrogen) atoms. The zero-order valence-corrected chi connectivity index (χ0v) is 28.0. The normalized spacial score (nSPS) is 10.5. The van der Waals surface area contributed by atoms with Crippen molar-refractivity contribution in [1.29, 1.82) is 0 Å². The van der Waals surface area contributed by atoms with Crippen LogP contribution in [0.3, 0.4) is 0 Å². The van der Waals surface area contributed by atoms with Gasteiger partial charge in [-0.3, -0.25) is 0 Å². The number of ether oxygens (including phenoxy) is 6. The molecule has 0 atom stereocenters. The Morgan fingerprint density at radius 3 is 1.39 bits per heavy atom. The average Bonchev–Trinajstić information content (AvgIpc) is 3.14. The van der Waals surface area contributed by atoms with Gasteiger partial charge >= 0.3 is 23.9 Å². The van der Waals surface area contributed by atoms with E-state index in [1.807, 2.05) is 0 Å². The van der Waals surface area contributed by atoms with E-state index in [0.717, 1.165) is 50.7 Å². The van der Waals surface area contributed by atoms with Gasteiger partial charge in [-0.15, -0.1) is 0 Å². The monoisotopic (exact) mass is 712 g/mol. The van der Waals surface area contributed by atoms with Crippen LogP contribution in [0.2, 0.25) is 0 Å². The summed E-state index contributed by atoms with van der Waals surface area (Å²) in [6, 6.07) is 11.6. The van der Waals surface area contributed by atoms with Crippen molar-refractivity contribution in [3.63, 3.8) is 0 Å². The minimum absolute atomic E-state index is 0.0386. The molecule has 0 heterocycles. The second-order valence-corrected chi connectivity index (χ2v) is 10.9. The minimum Gasteiger partial charge on any atom is -0.494 e. The lowest BCUT2D eigenvalue weighted by Crippen LogP contribution is -2.14. The first-order valence-electron chi connectivity index (χ1n) is 16.3. The summed E-state index contributed by atoms with van der Waals surface area (Å²) >= 11 is 0. The number of hydrogen-bond donors (Lipinski definition) is 0. The quantitative estimate of drug-likeness (QED) is 0.0334. The van der Waals surface area contributed by atoms with Crippen LogP contribution in [0, 0.1) is 17.5 Å². The Bertz CT molecular complexity index is 1640. The van der Waals surface area contributed by atoms with Gasteiger partial charge < -0.3 is 28.4 Å². The summed E-state index contributed by atoms with van der Waals surface area (Å²) in [6.07, 6.45) is 8.48. The maximum atomic E-state index is 14.8. The van der Waals surface area contributed by atoms with Crippen molar-refractivity contribution in [2.75, 3.05) is 26.4 Å². The topological polar surface area (TPSA) is 124 Å². The number of carbonyl (C=O) groups excluding carboxylic acids is 4. The van der Waals surface area contributed by atoms with Crippen molar-refractivity contribution in [3.05, 3.63) is 108 Å². The van der Waals surface area contributed by atoms with Crippen LogP contribution in [0.4, 0.5) is 13.2 Å². The fraction of sp³-hybridized carbons (Fsp3) is 0.316. The summed E-state index contributed by atoms with van der Waals surface area (Å²) in [5.41, 5.74) is -0.120. The Morgan fingerprint density at radius 1 is 0.549 bits per heavy atom. The molecule has 0 radical (unpaired) electrons. The van der Waals surface area contributed by atoms with Crippen molar-refractivity contribution in [1.82, 2.24) is 0 Å². The Labute approximate surface area is 293 Å². The highest BCUT2D eigenvalue weighted by Gasteiger charge is 2.26. The summed E-state index contributed by atoms with van der Waals surface area (Å²) in [6.45, 7) is 8.08. The molecule has 0 amide bonds. The molecule has 0 bridgehead atoms. The van der Waals surface area contributed by atoms with E-state index in [2.05, 4.69) is 13.2 Å². The van der Waals surface area contributed by atoms with Crippen LogP contribution in [-0.2, 0) is 19.1 Å². The van der Waals surface area contributed by atoms with Gasteiger partial charge in [0.15, 0.2) is 11.6 Å². The molecule has 13 heteroatoms. The molecule has 0 N–H and O–H groups in total. The van der Waals surface area contributed by atoms with E-state index in [1.54, 1.807) is 0 Å². The van der Waals surface area contributed by atoms with E-state index in [1.165, 1.54) is 48.5 Å². The fourth-order valence-electron chi connectivity index (χ4n) is 4.37. The molecule has 0 aliphatic rings. The van der Waals surface area contributed by atoms with E-state index in [9.17, 15) is 32.3 Å². The van der Waals surface area contributed by atoms with Gasteiger partial charge in [0.05, 0.1) is 37.6 Å². The Balaban J connectivity index is 1.43. The van der Waals surface area contributed by atoms with Gasteiger partial charge in [-0.05, 0) is 99.9 Å². The molecule has 0 saturated carbocycles. The lowest BCUT2D eigenvalue weighted by atomic mass is 10.2. The highest BCUT2D eigenvalue weighted by Crippen LogP contribution is 2.32. The summed E-state index contributed by atoms with van der Waals surface area (Å²) in [5.74, 6) is -9.65. The van der Waals surface area contributed by atoms with Crippen LogP contribution < -0.4 is 18.9 Å². The highest BCUT2D eigenvalue weighted by atomic mass is 19.2.